The number of hydrogen-bond acceptors (Lipinski definition) is 6. The minimum atomic E-state index is -1.01. The van der Waals surface area contributed by atoms with Crippen molar-refractivity contribution in [2.75, 3.05) is 13.2 Å². The average molecular weight is 350 g/mol. The molecule has 0 radical (unpaired) electrons. The van der Waals surface area contributed by atoms with E-state index in [0.29, 0.717) is 6.54 Å². The Morgan fingerprint density at radius 2 is 1.80 bits per heavy atom. The number of aryl methyl sites for hydroxylation is 1. The molecule has 0 saturated heterocycles. The molecule has 0 bridgehead atoms. The Balaban J connectivity index is 0.00000277. The fraction of sp³-hybridized carbons (Fsp3) is 0.529. The van der Waals surface area contributed by atoms with Crippen molar-refractivity contribution in [3.8, 4) is 0 Å². The number of nitrogens with zero attached hydrogens (tertiary/aromatic N) is 2. The molecule has 0 heterocycles. The average Bonchev–Trinajstić information content (AvgIpc) is 2.57. The van der Waals surface area contributed by atoms with Gasteiger partial charge in [-0.1, -0.05) is 30.3 Å². The van der Waals surface area contributed by atoms with Gasteiger partial charge in [0, 0.05) is 17.3 Å². The molecule has 8 nitrogen and oxygen atoms in total. The van der Waals surface area contributed by atoms with Gasteiger partial charge in [-0.2, -0.15) is 0 Å². The lowest BCUT2D eigenvalue weighted by Gasteiger charge is -2.22. The smallest absolute Gasteiger partial charge is 0.408 e. The number of aliphatic hydroxyl groups excluding tert-OH is 1. The van der Waals surface area contributed by atoms with Gasteiger partial charge in [0.2, 0.25) is 5.91 Å². The molecule has 2 amide bonds. The molecule has 3 N–H and O–H groups in total. The number of aliphatic hydroxyl groups is 1. The highest BCUT2D eigenvalue weighted by atomic mass is 16.6. The number of alkyl carbamates (subject to hydrolysis) is 1. The maximum Gasteiger partial charge on any atom is 0.408 e. The zero-order valence-corrected chi connectivity index (χ0v) is 14.9. The Bertz CT molecular complexity index is 541. The van der Waals surface area contributed by atoms with E-state index in [4.69, 9.17) is 15.5 Å². The molecule has 8 heteroatoms. The first-order valence-corrected chi connectivity index (χ1v) is 7.94. The van der Waals surface area contributed by atoms with E-state index in [-0.39, 0.29) is 0 Å². The van der Waals surface area contributed by atoms with Crippen LogP contribution >= 0.6 is 0 Å². The van der Waals surface area contributed by atoms with Gasteiger partial charge in [-0.3, -0.25) is 4.79 Å². The van der Waals surface area contributed by atoms with Crippen molar-refractivity contribution >= 4 is 12.0 Å². The molecule has 0 fully saturated rings. The molecule has 0 aliphatic rings. The number of carbonyl (C=O) groups is 2. The van der Waals surface area contributed by atoms with Gasteiger partial charge in [0.25, 0.3) is 0 Å². The highest BCUT2D eigenvalue weighted by Crippen LogP contribution is 2.06. The molecule has 1 atom stereocenters. The second-order valence-electron chi connectivity index (χ2n) is 6.26. The predicted molar refractivity (Wildman–Crippen MR) is 91.5 cm³/mol. The van der Waals surface area contributed by atoms with Crippen LogP contribution in [0, 0.1) is 10.8 Å². The molecule has 0 aliphatic carbocycles. The number of hydrogen-bond donors (Lipinski definition) is 3. The first-order valence-electron chi connectivity index (χ1n) is 7.94. The molecule has 0 unspecified atom stereocenters. The van der Waals surface area contributed by atoms with E-state index >= 15 is 0 Å². The summed E-state index contributed by atoms with van der Waals surface area (Å²) in [4.78, 5) is 23.6. The van der Waals surface area contributed by atoms with Crippen LogP contribution in [0.1, 0.15) is 32.8 Å². The van der Waals surface area contributed by atoms with Crippen molar-refractivity contribution in [2.45, 2.75) is 45.3 Å². The lowest BCUT2D eigenvalue weighted by molar-refractivity contribution is -0.124. The Morgan fingerprint density at radius 1 is 1.20 bits per heavy atom. The van der Waals surface area contributed by atoms with Crippen LogP contribution in [0.3, 0.4) is 0 Å². The van der Waals surface area contributed by atoms with Crippen molar-refractivity contribution in [2.24, 2.45) is 0 Å². The van der Waals surface area contributed by atoms with Crippen molar-refractivity contribution in [3.05, 3.63) is 35.9 Å². The largest absolute Gasteiger partial charge is 0.444 e. The van der Waals surface area contributed by atoms with Crippen molar-refractivity contribution in [1.29, 1.82) is 10.8 Å². The minimum Gasteiger partial charge on any atom is -0.444 e. The highest BCUT2D eigenvalue weighted by Gasteiger charge is 2.23. The number of amides is 2. The minimum absolute atomic E-state index is 0.425. The van der Waals surface area contributed by atoms with E-state index in [1.165, 1.54) is 5.56 Å². The molecule has 25 heavy (non-hydrogen) atoms. The number of benzene rings is 1. The topological polar surface area (TPSA) is 135 Å². The summed E-state index contributed by atoms with van der Waals surface area (Å²) in [6, 6.07) is 8.95. The van der Waals surface area contributed by atoms with E-state index in [0.717, 1.165) is 12.8 Å². The van der Waals surface area contributed by atoms with Crippen molar-refractivity contribution in [1.82, 2.24) is 10.6 Å². The predicted octanol–water partition coefficient (Wildman–Crippen LogP) is 1.65. The van der Waals surface area contributed by atoms with E-state index in [9.17, 15) is 14.7 Å². The number of ether oxygens (including phenoxy) is 1. The van der Waals surface area contributed by atoms with Crippen LogP contribution in [0.25, 0.3) is 0 Å². The van der Waals surface area contributed by atoms with Crippen LogP contribution in [0.2, 0.25) is 0 Å². The maximum atomic E-state index is 11.9. The van der Waals surface area contributed by atoms with Crippen LogP contribution in [0.4, 0.5) is 4.79 Å². The third-order valence-corrected chi connectivity index (χ3v) is 2.97. The third-order valence-electron chi connectivity index (χ3n) is 2.97. The molecule has 138 valence electrons. The fourth-order valence-electron chi connectivity index (χ4n) is 1.92. The van der Waals surface area contributed by atoms with Crippen LogP contribution < -0.4 is 10.6 Å². The van der Waals surface area contributed by atoms with Crippen LogP contribution in [0.5, 0.6) is 0 Å². The lowest BCUT2D eigenvalue weighted by atomic mass is 10.1. The summed E-state index contributed by atoms with van der Waals surface area (Å²) >= 11 is 0. The fourth-order valence-corrected chi connectivity index (χ4v) is 1.92. The third kappa shape index (κ3) is 10.7. The number of nitrogens with one attached hydrogen (secondary N) is 2. The summed E-state index contributed by atoms with van der Waals surface area (Å²) < 4.78 is 5.06. The molecule has 0 aromatic heterocycles. The molecule has 0 spiro atoms. The van der Waals surface area contributed by atoms with E-state index in [2.05, 4.69) is 10.6 Å². The van der Waals surface area contributed by atoms with Gasteiger partial charge in [0.1, 0.15) is 11.6 Å². The molecule has 0 aliphatic heterocycles. The summed E-state index contributed by atoms with van der Waals surface area (Å²) in [6.45, 7) is 5.17. The lowest BCUT2D eigenvalue weighted by Crippen LogP contribution is -2.50. The molecule has 1 aromatic rings. The zero-order chi connectivity index (χ0) is 19.3. The molecular weight excluding hydrogens is 324 g/mol. The first-order chi connectivity index (χ1) is 11.8. The van der Waals surface area contributed by atoms with Gasteiger partial charge in [0.05, 0.1) is 6.61 Å². The Kier molecular flexibility index (Phi) is 10.6. The first kappa shape index (κ1) is 22.3. The second-order valence-corrected chi connectivity index (χ2v) is 6.26. The number of rotatable bonds is 7. The van der Waals surface area contributed by atoms with Crippen molar-refractivity contribution in [3.63, 3.8) is 0 Å². The van der Waals surface area contributed by atoms with Gasteiger partial charge >= 0.3 is 6.09 Å². The van der Waals surface area contributed by atoms with Crippen LogP contribution in [-0.2, 0) is 16.0 Å². The van der Waals surface area contributed by atoms with Gasteiger partial charge in [-0.15, -0.1) is 0 Å². The van der Waals surface area contributed by atoms with E-state index in [1.807, 2.05) is 30.3 Å². The summed E-state index contributed by atoms with van der Waals surface area (Å²) in [6.07, 6.45) is 0.904. The van der Waals surface area contributed by atoms with Gasteiger partial charge < -0.3 is 20.5 Å². The normalized spacial score (nSPS) is 11.4. The van der Waals surface area contributed by atoms with Crippen LogP contribution in [0.15, 0.2) is 30.3 Å². The van der Waals surface area contributed by atoms with Gasteiger partial charge in [-0.05, 0) is 39.2 Å². The Labute approximate surface area is 148 Å². The monoisotopic (exact) mass is 350 g/mol. The quantitative estimate of drug-likeness (QED) is 0.505. The summed E-state index contributed by atoms with van der Waals surface area (Å²) in [5.74, 6) is -0.425. The maximum absolute atomic E-state index is 11.9. The Hall–Kier alpha value is -2.66. The highest BCUT2D eigenvalue weighted by molar-refractivity contribution is 5.85. The van der Waals surface area contributed by atoms with Gasteiger partial charge in [0.15, 0.2) is 0 Å². The summed E-state index contributed by atoms with van der Waals surface area (Å²) in [5.41, 5.74) is 0.545. The molecule has 0 saturated carbocycles. The SMILES string of the molecule is CC(C)(C)OC(=O)N[C@H](CO)C(=O)NCCCc1ccccc1.N#N. The van der Waals surface area contributed by atoms with Crippen molar-refractivity contribution < 1.29 is 19.4 Å². The summed E-state index contributed by atoms with van der Waals surface area (Å²) in [7, 11) is 0. The second kappa shape index (κ2) is 11.8. The zero-order valence-electron chi connectivity index (χ0n) is 14.9. The molecule has 1 rings (SSSR count). The van der Waals surface area contributed by atoms with Crippen LogP contribution in [-0.4, -0.2) is 41.9 Å². The van der Waals surface area contributed by atoms with E-state index in [1.54, 1.807) is 20.8 Å². The molecule has 1 aromatic carbocycles. The molecular formula is C17H26N4O4. The standard InChI is InChI=1S/C17H26N2O4.N2/c1-17(2,3)23-16(22)19-14(12-20)15(21)18-11-7-10-13-8-5-4-6-9-13;1-2/h4-6,8-9,14,20H,7,10-12H2,1-3H3,(H,18,21)(H,19,22);/t14-;/m1./s1. The summed E-state index contributed by atoms with van der Waals surface area (Å²) in [5, 5.41) is 26.3. The van der Waals surface area contributed by atoms with E-state index < -0.39 is 30.3 Å². The number of carbonyl (C=O) groups excluding carboxylic acids is 2. The Morgan fingerprint density at radius 3 is 2.32 bits per heavy atom. The van der Waals surface area contributed by atoms with Gasteiger partial charge in [-0.25, -0.2) is 4.79 Å².